The molecule has 5 rings (SSSR count). The van der Waals surface area contributed by atoms with Crippen LogP contribution in [0.3, 0.4) is 0 Å². The van der Waals surface area contributed by atoms with E-state index in [0.717, 1.165) is 6.26 Å². The molecule has 0 amide bonds. The molecular weight excluding hydrogens is 943 g/mol. The number of Topliss-reactive ketones (excluding diaryl/α,β-unsaturated/α-hetero) is 1. The second kappa shape index (κ2) is 24.4. The van der Waals surface area contributed by atoms with Crippen LogP contribution in [0.15, 0.2) is 60.7 Å². The molecule has 0 saturated carbocycles. The number of carbonyl (C=O) groups is 4. The minimum Gasteiger partial charge on any atom is -0.459 e. The number of benzene rings is 2. The van der Waals surface area contributed by atoms with Crippen molar-refractivity contribution in [2.24, 2.45) is 23.7 Å². The van der Waals surface area contributed by atoms with Crippen LogP contribution in [-0.2, 0) is 66.5 Å². The van der Waals surface area contributed by atoms with Gasteiger partial charge in [0.2, 0.25) is 0 Å². The lowest BCUT2D eigenvalue weighted by atomic mass is 9.75. The second-order valence-electron chi connectivity index (χ2n) is 20.3. The molecule has 18 nitrogen and oxygen atoms in total. The van der Waals surface area contributed by atoms with Gasteiger partial charge in [0.05, 0.1) is 65.5 Å². The Morgan fingerprint density at radius 3 is 1.83 bits per heavy atom. The monoisotopic (exact) mass is 1020 g/mol. The fourth-order valence-electron chi connectivity index (χ4n) is 10.3. The Balaban J connectivity index is 1.65. The maximum atomic E-state index is 14.8. The number of aliphatic hydroxyl groups is 1. The molecule has 71 heavy (non-hydrogen) atoms. The number of likely N-dealkylation sites (N-methyl/N-ethyl adjacent to an activating group) is 1. The predicted molar refractivity (Wildman–Crippen MR) is 259 cm³/mol. The zero-order chi connectivity index (χ0) is 52.7. The van der Waals surface area contributed by atoms with E-state index < -0.39 is 142 Å². The molecule has 2 unspecified atom stereocenters. The number of ether oxygens (including phenoxy) is 9. The number of esters is 3. The lowest BCUT2D eigenvalue weighted by molar-refractivity contribution is -0.318. The lowest BCUT2D eigenvalue weighted by Crippen LogP contribution is -2.62. The van der Waals surface area contributed by atoms with Gasteiger partial charge in [-0.05, 0) is 92.2 Å². The largest absolute Gasteiger partial charge is 0.459 e. The third-order valence-electron chi connectivity index (χ3n) is 14.5. The van der Waals surface area contributed by atoms with Gasteiger partial charge in [-0.15, -0.1) is 0 Å². The number of carbonyl (C=O) groups excluding carboxylic acids is 4. The number of ketones is 1. The molecule has 3 aliphatic rings. The van der Waals surface area contributed by atoms with Gasteiger partial charge in [-0.3, -0.25) is 13.8 Å². The van der Waals surface area contributed by atoms with E-state index in [2.05, 4.69) is 0 Å². The molecule has 0 aliphatic carbocycles. The Morgan fingerprint density at radius 1 is 0.761 bits per heavy atom. The number of nitrogens with zero attached hydrogens (tertiary/aromatic N) is 1. The summed E-state index contributed by atoms with van der Waals surface area (Å²) in [6.45, 7) is 15.3. The third kappa shape index (κ3) is 14.0. The first kappa shape index (κ1) is 58.0. The van der Waals surface area contributed by atoms with E-state index in [9.17, 15) is 32.7 Å². The number of methoxy groups -OCH3 is 2. The molecule has 2 aromatic rings. The van der Waals surface area contributed by atoms with Crippen molar-refractivity contribution >= 4 is 33.8 Å². The molecule has 2 aromatic carbocycles. The van der Waals surface area contributed by atoms with Gasteiger partial charge in [-0.25, -0.2) is 9.59 Å². The van der Waals surface area contributed by atoms with Gasteiger partial charge in [0.1, 0.15) is 23.6 Å². The zero-order valence-corrected chi connectivity index (χ0v) is 44.5. The van der Waals surface area contributed by atoms with E-state index >= 15 is 0 Å². The van der Waals surface area contributed by atoms with Crippen LogP contribution in [0.1, 0.15) is 109 Å². The average molecular weight is 1020 g/mol. The van der Waals surface area contributed by atoms with Crippen molar-refractivity contribution in [2.45, 2.75) is 173 Å². The fraction of sp³-hybridized carbons (Fsp3) is 0.692. The number of rotatable bonds is 14. The Kier molecular flexibility index (Phi) is 20.0. The first-order valence-corrected chi connectivity index (χ1v) is 26.3. The quantitative estimate of drug-likeness (QED) is 0.135. The van der Waals surface area contributed by atoms with Crippen LogP contribution < -0.4 is 0 Å². The van der Waals surface area contributed by atoms with Crippen LogP contribution in [0.5, 0.6) is 0 Å². The first-order chi connectivity index (χ1) is 33.3. The molecule has 398 valence electrons. The summed E-state index contributed by atoms with van der Waals surface area (Å²) in [5, 5.41) is 11.8. The van der Waals surface area contributed by atoms with E-state index in [1.165, 1.54) is 21.1 Å². The molecule has 0 aromatic heterocycles. The molecule has 0 radical (unpaired) electrons. The summed E-state index contributed by atoms with van der Waals surface area (Å²) >= 11 is 0. The highest BCUT2D eigenvalue weighted by molar-refractivity contribution is 7.86. The van der Waals surface area contributed by atoms with E-state index in [1.54, 1.807) is 109 Å². The number of hydrogen-bond donors (Lipinski definition) is 1. The van der Waals surface area contributed by atoms with E-state index in [-0.39, 0.29) is 19.3 Å². The predicted octanol–water partition coefficient (Wildman–Crippen LogP) is 5.76. The highest BCUT2D eigenvalue weighted by atomic mass is 32.2. The molecule has 3 saturated heterocycles. The summed E-state index contributed by atoms with van der Waals surface area (Å²) in [6.07, 6.45) is -11.3. The molecule has 0 spiro atoms. The third-order valence-corrected chi connectivity index (χ3v) is 15.1. The highest BCUT2D eigenvalue weighted by Gasteiger charge is 2.55. The average Bonchev–Trinajstić information content (AvgIpc) is 3.33. The molecule has 19 heteroatoms. The van der Waals surface area contributed by atoms with Crippen LogP contribution in [0, 0.1) is 23.7 Å². The van der Waals surface area contributed by atoms with Gasteiger partial charge in [0, 0.05) is 38.4 Å². The molecule has 3 heterocycles. The normalized spacial score (nSPS) is 37.9. The van der Waals surface area contributed by atoms with Crippen molar-refractivity contribution in [3.63, 3.8) is 0 Å². The van der Waals surface area contributed by atoms with Gasteiger partial charge in [0.15, 0.2) is 24.8 Å². The van der Waals surface area contributed by atoms with E-state index in [0.29, 0.717) is 17.5 Å². The SMILES string of the molecule is CC[C@H]1OC(=O)[C@H](C)[C@@H](OC2C[C@@](C)(OC)[C@@H](OC(=O)c3ccccc3)[C@H](C)O2)[C@H](C)[C@@H](OC2O[C@H](C)C[C@H](N(C)C)[C@H]2OC(=O)c2ccccc2)[C@@](C)(OC)C[C@@H](C)C(=O)[C@H](C)[C@@H](O)[C@H]1OS(C)(=O)=O. The van der Waals surface area contributed by atoms with Crippen LogP contribution in [0.25, 0.3) is 0 Å². The molecular formula is C52H77NO17S. The van der Waals surface area contributed by atoms with E-state index in [4.69, 9.17) is 46.8 Å². The van der Waals surface area contributed by atoms with Crippen molar-refractivity contribution in [3.05, 3.63) is 71.8 Å². The molecule has 3 fully saturated rings. The second-order valence-corrected chi connectivity index (χ2v) is 21.9. The number of cyclic esters (lactones) is 1. The highest BCUT2D eigenvalue weighted by Crippen LogP contribution is 2.42. The van der Waals surface area contributed by atoms with Crippen LogP contribution in [-0.4, -0.2) is 161 Å². The van der Waals surface area contributed by atoms with Gasteiger partial charge < -0.3 is 52.6 Å². The Morgan fingerprint density at radius 2 is 1.31 bits per heavy atom. The van der Waals surface area contributed by atoms with Gasteiger partial charge >= 0.3 is 17.9 Å². The Hall–Kier alpha value is -3.89. The molecule has 18 atom stereocenters. The molecule has 1 N–H and O–H groups in total. The van der Waals surface area contributed by atoms with Crippen LogP contribution in [0.2, 0.25) is 0 Å². The maximum absolute atomic E-state index is 14.8. The minimum atomic E-state index is -4.26. The maximum Gasteiger partial charge on any atom is 0.338 e. The summed E-state index contributed by atoms with van der Waals surface area (Å²) in [7, 11) is 2.42. The Labute approximate surface area is 419 Å². The summed E-state index contributed by atoms with van der Waals surface area (Å²) in [4.78, 5) is 58.5. The molecule has 0 bridgehead atoms. The van der Waals surface area contributed by atoms with Gasteiger partial charge in [-0.2, -0.15) is 8.42 Å². The summed E-state index contributed by atoms with van der Waals surface area (Å²) in [6, 6.07) is 16.7. The van der Waals surface area contributed by atoms with Crippen molar-refractivity contribution in [2.75, 3.05) is 34.6 Å². The lowest BCUT2D eigenvalue weighted by Gasteiger charge is -2.50. The van der Waals surface area contributed by atoms with Gasteiger partial charge in [0.25, 0.3) is 10.1 Å². The van der Waals surface area contributed by atoms with Crippen molar-refractivity contribution in [3.8, 4) is 0 Å². The van der Waals surface area contributed by atoms with Crippen molar-refractivity contribution in [1.29, 1.82) is 0 Å². The number of aliphatic hydroxyl groups excluding tert-OH is 1. The van der Waals surface area contributed by atoms with E-state index in [1.807, 2.05) is 25.9 Å². The van der Waals surface area contributed by atoms with Crippen molar-refractivity contribution in [1.82, 2.24) is 4.90 Å². The standard InChI is InChI=1S/C52H77NO17S/c1-15-38-44(70-71(14,59)60)41(55)31(4)40(54)29(2)27-51(8,61-12)45(69-50-43(37(53(10)11)26-30(3)63-50)67-48(57)35-22-18-16-19-23-35)32(5)42(33(6)47(56)65-38)66-39-28-52(9,62-13)46(34(7)64-39)68-49(58)36-24-20-17-21-25-36/h16-25,29-34,37-39,41-46,50,55H,15,26-28H2,1-14H3/t29-,30-,31+,32+,33-,34+,37+,38-,39?,41-,42+,43-,44+,45-,46+,50?,51+,52-/m1/s1. The first-order valence-electron chi connectivity index (χ1n) is 24.5. The van der Waals surface area contributed by atoms with Gasteiger partial charge in [-0.1, -0.05) is 64.1 Å². The fourth-order valence-corrected chi connectivity index (χ4v) is 11.0. The summed E-state index contributed by atoms with van der Waals surface area (Å²) in [5.74, 6) is -6.67. The van der Waals surface area contributed by atoms with Crippen molar-refractivity contribution < 1.29 is 79.5 Å². The van der Waals surface area contributed by atoms with Crippen LogP contribution in [0.4, 0.5) is 0 Å². The smallest absolute Gasteiger partial charge is 0.338 e. The summed E-state index contributed by atoms with van der Waals surface area (Å²) in [5.41, 5.74) is -1.97. The molecule has 3 aliphatic heterocycles. The Bertz CT molecular complexity index is 2200. The van der Waals surface area contributed by atoms with Crippen LogP contribution >= 0.6 is 0 Å². The number of hydrogen-bond acceptors (Lipinski definition) is 18. The minimum absolute atomic E-state index is 0.00137. The zero-order valence-electron chi connectivity index (χ0n) is 43.7. The summed E-state index contributed by atoms with van der Waals surface area (Å²) < 4.78 is 89.1. The topological polar surface area (TPSA) is 218 Å².